The van der Waals surface area contributed by atoms with Gasteiger partial charge in [0.1, 0.15) is 0 Å². The Kier molecular flexibility index (Phi) is 9.97. The topological polar surface area (TPSA) is 0 Å². The zero-order valence-corrected chi connectivity index (χ0v) is 27.6. The van der Waals surface area contributed by atoms with Gasteiger partial charge in [-0.05, 0) is 0 Å². The molecule has 0 N–H and O–H groups in total. The number of fused-ring (bicyclic) bond motifs is 2. The number of hydrogen-bond acceptors (Lipinski definition) is 0. The smallest absolute Gasteiger partial charge is 1.00 e. The van der Waals surface area contributed by atoms with Crippen LogP contribution in [0.25, 0.3) is 0 Å². The van der Waals surface area contributed by atoms with Crippen LogP contribution in [0.4, 0.5) is 0 Å². The molecule has 0 bridgehead atoms. The first-order valence-electron chi connectivity index (χ1n) is 12.4. The molecule has 4 heteroatoms. The first-order chi connectivity index (χ1) is 14.0. The van der Waals surface area contributed by atoms with Crippen molar-refractivity contribution in [1.29, 1.82) is 0 Å². The third-order valence-electron chi connectivity index (χ3n) is 9.15. The molecule has 4 aliphatic rings. The van der Waals surface area contributed by atoms with E-state index in [1.54, 1.807) is 0 Å². The van der Waals surface area contributed by atoms with E-state index in [9.17, 15) is 0 Å². The predicted molar refractivity (Wildman–Crippen MR) is 131 cm³/mol. The summed E-state index contributed by atoms with van der Waals surface area (Å²) in [6.45, 7) is 15.5. The SMILES string of the molecule is CC1CC2C(=CC=CCC2(C)C)[CH]1[Zr+2]([CH]1C2=CC=CCC(C)(C)C2CC1C)=[Ge]([CH3])[CH3].[Cl-].[Cl-]. The van der Waals surface area contributed by atoms with Crippen LogP contribution in [0.3, 0.4) is 0 Å². The van der Waals surface area contributed by atoms with Gasteiger partial charge in [0.25, 0.3) is 0 Å². The molecule has 4 rings (SSSR count). The second-order valence-corrected chi connectivity index (χ2v) is 41.9. The van der Waals surface area contributed by atoms with Gasteiger partial charge in [-0.3, -0.25) is 0 Å². The summed E-state index contributed by atoms with van der Waals surface area (Å²) in [6, 6.07) is 0. The Morgan fingerprint density at radius 2 is 1.12 bits per heavy atom. The zero-order valence-electron chi connectivity index (χ0n) is 21.5. The summed E-state index contributed by atoms with van der Waals surface area (Å²) in [5.74, 6) is 9.03. The fourth-order valence-corrected chi connectivity index (χ4v) is 45.1. The Hall–Kier alpha value is 0.966. The second-order valence-electron chi connectivity index (χ2n) is 12.5. The van der Waals surface area contributed by atoms with Crippen molar-refractivity contribution in [3.63, 3.8) is 0 Å². The molecule has 0 heterocycles. The van der Waals surface area contributed by atoms with E-state index < -0.39 is 28.6 Å². The predicted octanol–water partition coefficient (Wildman–Crippen LogP) is 2.58. The van der Waals surface area contributed by atoms with Gasteiger partial charge >= 0.3 is 197 Å². The van der Waals surface area contributed by atoms with Crippen molar-refractivity contribution in [3.05, 3.63) is 47.6 Å². The van der Waals surface area contributed by atoms with Gasteiger partial charge in [-0.2, -0.15) is 0 Å². The van der Waals surface area contributed by atoms with Gasteiger partial charge < -0.3 is 24.8 Å². The maximum atomic E-state index is 2.77. The summed E-state index contributed by atoms with van der Waals surface area (Å²) in [4.78, 5) is 0. The van der Waals surface area contributed by atoms with E-state index in [4.69, 9.17) is 0 Å². The molecular weight excluding hydrogens is 571 g/mol. The fourth-order valence-electron chi connectivity index (χ4n) is 7.53. The van der Waals surface area contributed by atoms with E-state index in [2.05, 4.69) is 89.5 Å². The third-order valence-corrected chi connectivity index (χ3v) is 41.8. The van der Waals surface area contributed by atoms with E-state index in [1.807, 2.05) is 11.1 Å². The van der Waals surface area contributed by atoms with Crippen LogP contribution in [0.2, 0.25) is 18.8 Å². The van der Waals surface area contributed by atoms with Crippen molar-refractivity contribution in [2.75, 3.05) is 0 Å². The first kappa shape index (κ1) is 29.2. The summed E-state index contributed by atoms with van der Waals surface area (Å²) >= 11 is -1.67. The molecule has 0 spiro atoms. The minimum atomic E-state index is -1.67. The van der Waals surface area contributed by atoms with Crippen molar-refractivity contribution in [2.45, 2.75) is 86.0 Å². The molecule has 0 aromatic carbocycles. The van der Waals surface area contributed by atoms with Gasteiger partial charge in [-0.25, -0.2) is 0 Å². The molecule has 178 valence electrons. The molecule has 6 atom stereocenters. The van der Waals surface area contributed by atoms with Crippen LogP contribution < -0.4 is 24.8 Å². The summed E-state index contributed by atoms with van der Waals surface area (Å²) < 4.78 is 2.01. The van der Waals surface area contributed by atoms with Crippen LogP contribution >= 0.6 is 0 Å². The van der Waals surface area contributed by atoms with Gasteiger partial charge in [0.05, 0.1) is 0 Å². The summed E-state index contributed by atoms with van der Waals surface area (Å²) in [6.07, 6.45) is 20.5. The third kappa shape index (κ3) is 5.22. The second kappa shape index (κ2) is 10.9. The normalized spacial score (nSPS) is 36.1. The van der Waals surface area contributed by atoms with Gasteiger partial charge in [0.2, 0.25) is 0 Å². The molecule has 0 saturated heterocycles. The minimum absolute atomic E-state index is 0. The molecule has 4 aliphatic carbocycles. The van der Waals surface area contributed by atoms with E-state index in [-0.39, 0.29) is 24.8 Å². The molecule has 2 saturated carbocycles. The number of halogens is 2. The maximum absolute atomic E-state index is 2.77. The first-order valence-corrected chi connectivity index (χ1v) is 26.9. The van der Waals surface area contributed by atoms with E-state index in [0.717, 1.165) is 30.9 Å². The van der Waals surface area contributed by atoms with Crippen molar-refractivity contribution in [1.82, 2.24) is 0 Å². The average Bonchev–Trinajstić information content (AvgIpc) is 3.05. The molecule has 0 aromatic heterocycles. The Morgan fingerprint density at radius 1 is 0.750 bits per heavy atom. The standard InChI is InChI=1S/2C13H19.C2H6Ge.2ClH.Zr/c2*1-10-8-11-6-4-5-7-13(2,3)12(11)9-10;1-3-2;;;/h2*4-6,8,10,12H,7,9H2,1-3H3;1-2H3;2*1H;/q;;;;;+2/p-2. The molecule has 6 unspecified atom stereocenters. The minimum Gasteiger partial charge on any atom is -1.00 e. The van der Waals surface area contributed by atoms with Crippen LogP contribution in [-0.4, -0.2) is 9.98 Å². The van der Waals surface area contributed by atoms with Crippen LogP contribution in [0, 0.1) is 34.5 Å². The Labute approximate surface area is 219 Å². The molecule has 0 radical (unpaired) electrons. The largest absolute Gasteiger partial charge is 1.00 e. The summed E-state index contributed by atoms with van der Waals surface area (Å²) in [7, 11) is -0.964. The van der Waals surface area contributed by atoms with Crippen LogP contribution in [-0.2, 0) is 18.6 Å². The van der Waals surface area contributed by atoms with Crippen molar-refractivity contribution < 1.29 is 43.4 Å². The Morgan fingerprint density at radius 3 is 1.47 bits per heavy atom. The average molecular weight is 615 g/mol. The summed E-state index contributed by atoms with van der Waals surface area (Å²) in [5, 5.41) is 0. The van der Waals surface area contributed by atoms with Crippen molar-refractivity contribution in [3.8, 4) is 0 Å². The zero-order chi connectivity index (χ0) is 21.8. The number of allylic oxidation sites excluding steroid dienone is 8. The van der Waals surface area contributed by atoms with Crippen LogP contribution in [0.15, 0.2) is 47.6 Å². The Bertz CT molecular complexity index is 793. The number of hydrogen-bond donors (Lipinski definition) is 0. The molecule has 0 nitrogen and oxygen atoms in total. The summed E-state index contributed by atoms with van der Waals surface area (Å²) in [5.41, 5.74) is 4.72. The number of rotatable bonds is 2. The quantitative estimate of drug-likeness (QED) is 0.420. The van der Waals surface area contributed by atoms with Crippen molar-refractivity contribution >= 4 is 9.98 Å². The molecule has 0 aromatic rings. The maximum Gasteiger partial charge on any atom is -1.00 e. The van der Waals surface area contributed by atoms with Crippen LogP contribution in [0.1, 0.15) is 67.2 Å². The van der Waals surface area contributed by atoms with E-state index in [1.165, 1.54) is 25.7 Å². The fraction of sp³-hybridized carbons (Fsp3) is 0.714. The van der Waals surface area contributed by atoms with E-state index in [0.29, 0.717) is 10.8 Å². The van der Waals surface area contributed by atoms with Crippen molar-refractivity contribution in [2.24, 2.45) is 34.5 Å². The van der Waals surface area contributed by atoms with Gasteiger partial charge in [-0.15, -0.1) is 0 Å². The molecular formula is C28H44Cl2GeZr. The monoisotopic (exact) mass is 614 g/mol. The molecule has 32 heavy (non-hydrogen) atoms. The molecule has 0 amide bonds. The Balaban J connectivity index is 0.00000181. The van der Waals surface area contributed by atoms with Gasteiger partial charge in [-0.1, -0.05) is 0 Å². The van der Waals surface area contributed by atoms with Gasteiger partial charge in [0, 0.05) is 0 Å². The molecule has 2 fully saturated rings. The van der Waals surface area contributed by atoms with E-state index >= 15 is 0 Å². The van der Waals surface area contributed by atoms with Crippen LogP contribution in [0.5, 0.6) is 0 Å². The molecule has 0 aliphatic heterocycles. The van der Waals surface area contributed by atoms with Gasteiger partial charge in [0.15, 0.2) is 0 Å².